The number of amides is 3. The maximum Gasteiger partial charge on any atom is 0.275 e. The van der Waals surface area contributed by atoms with E-state index in [9.17, 15) is 19.2 Å². The van der Waals surface area contributed by atoms with Crippen LogP contribution in [0.3, 0.4) is 0 Å². The molecule has 1 fully saturated rings. The van der Waals surface area contributed by atoms with Crippen molar-refractivity contribution >= 4 is 34.2 Å². The second-order valence-corrected chi connectivity index (χ2v) is 8.43. The third-order valence-corrected chi connectivity index (χ3v) is 6.24. The molecular weight excluding hydrogens is 454 g/mol. The van der Waals surface area contributed by atoms with Gasteiger partial charge in [-0.3, -0.25) is 19.2 Å². The SMILES string of the molecule is NC(=O)c1nn(CC(=O)N2CCC(C(=O)Nc3ccc4c(c3)OCO4)CC2)c(=O)c2ccccc12. The molecule has 0 aliphatic carbocycles. The minimum Gasteiger partial charge on any atom is -0.454 e. The molecule has 35 heavy (non-hydrogen) atoms. The Labute approximate surface area is 199 Å². The predicted molar refractivity (Wildman–Crippen MR) is 125 cm³/mol. The van der Waals surface area contributed by atoms with Gasteiger partial charge in [0.15, 0.2) is 17.2 Å². The average Bonchev–Trinajstić information content (AvgIpc) is 3.33. The zero-order valence-electron chi connectivity index (χ0n) is 18.7. The molecule has 1 saturated heterocycles. The summed E-state index contributed by atoms with van der Waals surface area (Å²) < 4.78 is 11.6. The van der Waals surface area contributed by atoms with Gasteiger partial charge in [0.25, 0.3) is 11.5 Å². The number of nitrogens with zero attached hydrogens (tertiary/aromatic N) is 3. The average molecular weight is 477 g/mol. The molecule has 3 N–H and O–H groups in total. The molecule has 3 amide bonds. The maximum absolute atomic E-state index is 12.9. The van der Waals surface area contributed by atoms with E-state index in [1.165, 1.54) is 0 Å². The molecule has 5 rings (SSSR count). The van der Waals surface area contributed by atoms with E-state index in [0.29, 0.717) is 48.5 Å². The summed E-state index contributed by atoms with van der Waals surface area (Å²) in [7, 11) is 0. The number of rotatable bonds is 5. The summed E-state index contributed by atoms with van der Waals surface area (Å²) >= 11 is 0. The van der Waals surface area contributed by atoms with Crippen molar-refractivity contribution in [3.8, 4) is 11.5 Å². The number of piperidine rings is 1. The minimum absolute atomic E-state index is 0.0631. The summed E-state index contributed by atoms with van der Waals surface area (Å²) in [5.74, 6) is -0.267. The summed E-state index contributed by atoms with van der Waals surface area (Å²) in [5.41, 5.74) is 5.51. The highest BCUT2D eigenvalue weighted by Gasteiger charge is 2.28. The standard InChI is InChI=1S/C24H23N5O6/c25-22(31)21-16-3-1-2-4-17(16)24(33)29(27-21)12-20(30)28-9-7-14(8-10-28)23(32)26-15-5-6-18-19(11-15)35-13-34-18/h1-6,11,14H,7-10,12-13H2,(H2,25,31)(H,26,32). The van der Waals surface area contributed by atoms with Crippen LogP contribution >= 0.6 is 0 Å². The van der Waals surface area contributed by atoms with Crippen molar-refractivity contribution in [2.75, 3.05) is 25.2 Å². The van der Waals surface area contributed by atoms with Crippen LogP contribution in [0.5, 0.6) is 11.5 Å². The number of ether oxygens (including phenoxy) is 2. The van der Waals surface area contributed by atoms with Gasteiger partial charge in [-0.2, -0.15) is 5.10 Å². The molecule has 0 radical (unpaired) electrons. The third kappa shape index (κ3) is 4.39. The van der Waals surface area contributed by atoms with E-state index < -0.39 is 11.5 Å². The molecule has 0 bridgehead atoms. The first-order chi connectivity index (χ1) is 16.9. The normalized spacial score (nSPS) is 15.3. The van der Waals surface area contributed by atoms with Crippen LogP contribution in [0.4, 0.5) is 5.69 Å². The van der Waals surface area contributed by atoms with Crippen molar-refractivity contribution in [3.63, 3.8) is 0 Å². The Hall–Kier alpha value is -4.41. The van der Waals surface area contributed by atoms with E-state index in [1.807, 2.05) is 0 Å². The van der Waals surface area contributed by atoms with Gasteiger partial charge in [0.2, 0.25) is 18.6 Å². The number of likely N-dealkylation sites (tertiary alicyclic amines) is 1. The number of benzene rings is 2. The smallest absolute Gasteiger partial charge is 0.275 e. The lowest BCUT2D eigenvalue weighted by Gasteiger charge is -2.31. The molecule has 3 aromatic rings. The van der Waals surface area contributed by atoms with Crippen molar-refractivity contribution in [2.45, 2.75) is 19.4 Å². The first kappa shape index (κ1) is 22.4. The highest BCUT2D eigenvalue weighted by atomic mass is 16.7. The van der Waals surface area contributed by atoms with Crippen molar-refractivity contribution in [2.24, 2.45) is 11.7 Å². The van der Waals surface area contributed by atoms with Gasteiger partial charge in [-0.15, -0.1) is 0 Å². The van der Waals surface area contributed by atoms with Gasteiger partial charge in [0.1, 0.15) is 6.54 Å². The number of hydrogen-bond donors (Lipinski definition) is 2. The van der Waals surface area contributed by atoms with E-state index in [4.69, 9.17) is 15.2 Å². The molecular formula is C24H23N5O6. The quantitative estimate of drug-likeness (QED) is 0.560. The second-order valence-electron chi connectivity index (χ2n) is 8.43. The summed E-state index contributed by atoms with van der Waals surface area (Å²) in [6, 6.07) is 11.7. The highest BCUT2D eigenvalue weighted by molar-refractivity contribution is 6.04. The molecule has 2 aliphatic heterocycles. The number of fused-ring (bicyclic) bond motifs is 2. The second kappa shape index (κ2) is 9.09. The number of carbonyl (C=O) groups excluding carboxylic acids is 3. The van der Waals surface area contributed by atoms with Gasteiger partial charge in [-0.1, -0.05) is 18.2 Å². The van der Waals surface area contributed by atoms with Crippen molar-refractivity contribution in [3.05, 3.63) is 58.5 Å². The molecule has 0 spiro atoms. The summed E-state index contributed by atoms with van der Waals surface area (Å²) in [4.78, 5) is 51.9. The number of hydrogen-bond acceptors (Lipinski definition) is 7. The van der Waals surface area contributed by atoms with E-state index >= 15 is 0 Å². The first-order valence-electron chi connectivity index (χ1n) is 11.2. The van der Waals surface area contributed by atoms with Gasteiger partial charge in [0.05, 0.1) is 5.39 Å². The number of anilines is 1. The topological polar surface area (TPSA) is 146 Å². The fraction of sp³-hybridized carbons (Fsp3) is 0.292. The minimum atomic E-state index is -0.781. The Morgan fingerprint density at radius 2 is 1.74 bits per heavy atom. The molecule has 2 aliphatic rings. The molecule has 11 heteroatoms. The third-order valence-electron chi connectivity index (χ3n) is 6.24. The molecule has 2 aromatic carbocycles. The Morgan fingerprint density at radius 3 is 2.49 bits per heavy atom. The largest absolute Gasteiger partial charge is 0.454 e. The Bertz CT molecular complexity index is 1390. The molecule has 1 aromatic heterocycles. The fourth-order valence-electron chi connectivity index (χ4n) is 4.36. The van der Waals surface area contributed by atoms with E-state index in [1.54, 1.807) is 47.4 Å². The fourth-order valence-corrected chi connectivity index (χ4v) is 4.36. The number of carbonyl (C=O) groups is 3. The monoisotopic (exact) mass is 477 g/mol. The van der Waals surface area contributed by atoms with Gasteiger partial charge < -0.3 is 25.4 Å². The van der Waals surface area contributed by atoms with Crippen LogP contribution in [0.2, 0.25) is 0 Å². The van der Waals surface area contributed by atoms with Crippen LogP contribution in [0.15, 0.2) is 47.3 Å². The molecule has 0 unspecified atom stereocenters. The summed E-state index contributed by atoms with van der Waals surface area (Å²) in [6.07, 6.45) is 0.962. The van der Waals surface area contributed by atoms with Crippen LogP contribution in [0, 0.1) is 5.92 Å². The van der Waals surface area contributed by atoms with Crippen LogP contribution in [-0.4, -0.2) is 52.3 Å². The van der Waals surface area contributed by atoms with E-state index in [2.05, 4.69) is 10.4 Å². The zero-order valence-corrected chi connectivity index (χ0v) is 18.7. The van der Waals surface area contributed by atoms with E-state index in [0.717, 1.165) is 4.68 Å². The Balaban J connectivity index is 1.22. The summed E-state index contributed by atoms with van der Waals surface area (Å²) in [6.45, 7) is 0.564. The lowest BCUT2D eigenvalue weighted by Crippen LogP contribution is -2.44. The summed E-state index contributed by atoms with van der Waals surface area (Å²) in [5, 5.41) is 7.55. The van der Waals surface area contributed by atoms with Gasteiger partial charge in [-0.25, -0.2) is 4.68 Å². The first-order valence-corrected chi connectivity index (χ1v) is 11.2. The number of primary amides is 1. The number of nitrogens with two attached hydrogens (primary N) is 1. The van der Waals surface area contributed by atoms with Crippen LogP contribution in [0.1, 0.15) is 23.3 Å². The molecule has 0 atom stereocenters. The van der Waals surface area contributed by atoms with Crippen molar-refractivity contribution < 1.29 is 23.9 Å². The highest BCUT2D eigenvalue weighted by Crippen LogP contribution is 2.34. The molecule has 11 nitrogen and oxygen atoms in total. The van der Waals surface area contributed by atoms with Gasteiger partial charge in [-0.05, 0) is 31.0 Å². The number of nitrogens with one attached hydrogen (secondary N) is 1. The van der Waals surface area contributed by atoms with Crippen LogP contribution in [-0.2, 0) is 16.1 Å². The molecule has 180 valence electrons. The van der Waals surface area contributed by atoms with Gasteiger partial charge in [0, 0.05) is 36.1 Å². The molecule has 3 heterocycles. The molecule has 0 saturated carbocycles. The Kier molecular flexibility index (Phi) is 5.81. The van der Waals surface area contributed by atoms with Gasteiger partial charge >= 0.3 is 0 Å². The lowest BCUT2D eigenvalue weighted by molar-refractivity contribution is -0.135. The predicted octanol–water partition coefficient (Wildman–Crippen LogP) is 1.10. The van der Waals surface area contributed by atoms with Crippen LogP contribution < -0.4 is 26.1 Å². The van der Waals surface area contributed by atoms with Crippen molar-refractivity contribution in [1.29, 1.82) is 0 Å². The van der Waals surface area contributed by atoms with Crippen LogP contribution in [0.25, 0.3) is 10.8 Å². The maximum atomic E-state index is 12.9. The number of aromatic nitrogens is 2. The lowest BCUT2D eigenvalue weighted by atomic mass is 9.95. The van der Waals surface area contributed by atoms with Crippen molar-refractivity contribution in [1.82, 2.24) is 14.7 Å². The van der Waals surface area contributed by atoms with E-state index in [-0.39, 0.29) is 42.2 Å². The Morgan fingerprint density at radius 1 is 1.03 bits per heavy atom. The zero-order chi connectivity index (χ0) is 24.5.